The number of nitrogens with one attached hydrogen (secondary N) is 2. The maximum Gasteiger partial charge on any atom is 0.418 e. The highest BCUT2D eigenvalue weighted by atomic mass is 35.5. The maximum atomic E-state index is 13.2. The second-order valence-electron chi connectivity index (χ2n) is 6.37. The molecule has 2 amide bonds. The van der Waals surface area contributed by atoms with Gasteiger partial charge in [-0.05, 0) is 29.3 Å². The predicted molar refractivity (Wildman–Crippen MR) is 108 cm³/mol. The van der Waals surface area contributed by atoms with Crippen LogP contribution < -0.4 is 10.6 Å². The zero-order chi connectivity index (χ0) is 21.7. The van der Waals surface area contributed by atoms with Gasteiger partial charge >= 0.3 is 18.0 Å². The molecule has 2 N–H and O–H groups in total. The molecule has 4 nitrogen and oxygen atoms in total. The Bertz CT molecular complexity index is 1000. The van der Waals surface area contributed by atoms with Crippen LogP contribution in [0.15, 0.2) is 78.9 Å². The van der Waals surface area contributed by atoms with Gasteiger partial charge in [0.2, 0.25) is 0 Å². The number of anilines is 1. The molecule has 0 aromatic heterocycles. The van der Waals surface area contributed by atoms with Crippen LogP contribution in [0, 0.1) is 0 Å². The fourth-order valence-electron chi connectivity index (χ4n) is 2.89. The van der Waals surface area contributed by atoms with Crippen molar-refractivity contribution in [3.63, 3.8) is 0 Å². The van der Waals surface area contributed by atoms with Gasteiger partial charge in [0.15, 0.2) is 0 Å². The van der Waals surface area contributed by atoms with Gasteiger partial charge in [0, 0.05) is 5.02 Å². The lowest BCUT2D eigenvalue weighted by molar-refractivity contribution is -0.138. The van der Waals surface area contributed by atoms with Crippen LogP contribution in [-0.4, -0.2) is 11.8 Å². The molecule has 0 unspecified atom stereocenters. The van der Waals surface area contributed by atoms with Gasteiger partial charge in [-0.15, -0.1) is 0 Å². The molecule has 0 saturated carbocycles. The van der Waals surface area contributed by atoms with Crippen molar-refractivity contribution in [1.82, 2.24) is 5.32 Å². The summed E-state index contributed by atoms with van der Waals surface area (Å²) in [6, 6.07) is 20.1. The highest BCUT2D eigenvalue weighted by Crippen LogP contribution is 2.36. The molecule has 0 aliphatic carbocycles. The van der Waals surface area contributed by atoms with E-state index in [0.29, 0.717) is 17.2 Å². The second kappa shape index (κ2) is 9.00. The van der Waals surface area contributed by atoms with Crippen molar-refractivity contribution in [3.05, 3.63) is 101 Å². The Hall–Kier alpha value is -3.32. The molecule has 3 aromatic rings. The second-order valence-corrected chi connectivity index (χ2v) is 6.81. The summed E-state index contributed by atoms with van der Waals surface area (Å²) < 4.78 is 39.7. The molecule has 0 radical (unpaired) electrons. The van der Waals surface area contributed by atoms with Gasteiger partial charge in [-0.3, -0.25) is 9.59 Å². The summed E-state index contributed by atoms with van der Waals surface area (Å²) in [4.78, 5) is 24.9. The smallest absolute Gasteiger partial charge is 0.337 e. The van der Waals surface area contributed by atoms with Crippen LogP contribution in [0.4, 0.5) is 18.9 Å². The number of hydrogen-bond donors (Lipinski definition) is 2. The van der Waals surface area contributed by atoms with E-state index in [0.717, 1.165) is 6.07 Å². The van der Waals surface area contributed by atoms with Crippen LogP contribution in [0.1, 0.15) is 22.7 Å². The molecule has 8 heteroatoms. The maximum absolute atomic E-state index is 13.2. The Kier molecular flexibility index (Phi) is 6.42. The summed E-state index contributed by atoms with van der Waals surface area (Å²) in [6.45, 7) is 0. The molecule has 30 heavy (non-hydrogen) atoms. The van der Waals surface area contributed by atoms with E-state index in [4.69, 9.17) is 11.6 Å². The van der Waals surface area contributed by atoms with E-state index in [-0.39, 0.29) is 5.02 Å². The Morgan fingerprint density at radius 1 is 0.800 bits per heavy atom. The normalized spacial score (nSPS) is 11.2. The van der Waals surface area contributed by atoms with Gasteiger partial charge in [-0.25, -0.2) is 0 Å². The number of hydrogen-bond acceptors (Lipinski definition) is 2. The summed E-state index contributed by atoms with van der Waals surface area (Å²) >= 11 is 5.63. The SMILES string of the molecule is O=C(Nc1ccc(Cl)cc1C(F)(F)F)C(=O)NC(c1ccccc1)c1ccccc1. The average Bonchev–Trinajstić information content (AvgIpc) is 2.73. The molecule has 0 bridgehead atoms. The van der Waals surface area contributed by atoms with Crippen LogP contribution in [0.3, 0.4) is 0 Å². The van der Waals surface area contributed by atoms with Crippen molar-refractivity contribution in [1.29, 1.82) is 0 Å². The Balaban J connectivity index is 1.83. The van der Waals surface area contributed by atoms with Crippen LogP contribution in [0.2, 0.25) is 5.02 Å². The van der Waals surface area contributed by atoms with Gasteiger partial charge in [0.05, 0.1) is 17.3 Å². The molecule has 0 fully saturated rings. The topological polar surface area (TPSA) is 58.2 Å². The van der Waals surface area contributed by atoms with Gasteiger partial charge in [-0.2, -0.15) is 13.2 Å². The first-order chi connectivity index (χ1) is 14.3. The quantitative estimate of drug-likeness (QED) is 0.556. The van der Waals surface area contributed by atoms with Crippen LogP contribution in [0.25, 0.3) is 0 Å². The van der Waals surface area contributed by atoms with E-state index in [1.54, 1.807) is 60.7 Å². The first kappa shape index (κ1) is 21.4. The molecule has 0 aliphatic rings. The van der Waals surface area contributed by atoms with Crippen molar-refractivity contribution in [2.45, 2.75) is 12.2 Å². The average molecular weight is 433 g/mol. The lowest BCUT2D eigenvalue weighted by Crippen LogP contribution is -2.38. The zero-order valence-corrected chi connectivity index (χ0v) is 16.2. The third kappa shape index (κ3) is 5.18. The summed E-state index contributed by atoms with van der Waals surface area (Å²) in [7, 11) is 0. The highest BCUT2D eigenvalue weighted by Gasteiger charge is 2.35. The lowest BCUT2D eigenvalue weighted by atomic mass is 9.98. The van der Waals surface area contributed by atoms with E-state index in [1.165, 1.54) is 6.07 Å². The molecular formula is C22H16ClF3N2O2. The van der Waals surface area contributed by atoms with Gasteiger partial charge in [0.1, 0.15) is 0 Å². The van der Waals surface area contributed by atoms with E-state index < -0.39 is 35.3 Å². The van der Waals surface area contributed by atoms with Crippen molar-refractivity contribution in [2.75, 3.05) is 5.32 Å². The fraction of sp³-hybridized carbons (Fsp3) is 0.0909. The van der Waals surface area contributed by atoms with E-state index in [2.05, 4.69) is 5.32 Å². The van der Waals surface area contributed by atoms with Crippen molar-refractivity contribution >= 4 is 29.1 Å². The van der Waals surface area contributed by atoms with Gasteiger partial charge < -0.3 is 10.6 Å². The molecule has 3 rings (SSSR count). The molecular weight excluding hydrogens is 417 g/mol. The van der Waals surface area contributed by atoms with Crippen molar-refractivity contribution in [3.8, 4) is 0 Å². The lowest BCUT2D eigenvalue weighted by Gasteiger charge is -2.20. The standard InChI is InChI=1S/C22H16ClF3N2O2/c23-16-11-12-18(17(13-16)22(24,25)26)27-20(29)21(30)28-19(14-7-3-1-4-8-14)15-9-5-2-6-10-15/h1-13,19H,(H,27,29)(H,28,30). The van der Waals surface area contributed by atoms with Crippen molar-refractivity contribution in [2.24, 2.45) is 0 Å². The Morgan fingerprint density at radius 2 is 1.33 bits per heavy atom. The molecule has 0 spiro atoms. The Morgan fingerprint density at radius 3 is 1.83 bits per heavy atom. The zero-order valence-electron chi connectivity index (χ0n) is 15.4. The third-order valence-electron chi connectivity index (χ3n) is 4.28. The molecule has 0 aliphatic heterocycles. The van der Waals surface area contributed by atoms with Crippen LogP contribution >= 0.6 is 11.6 Å². The minimum atomic E-state index is -4.75. The largest absolute Gasteiger partial charge is 0.418 e. The number of benzene rings is 3. The fourth-order valence-corrected chi connectivity index (χ4v) is 3.06. The first-order valence-electron chi connectivity index (χ1n) is 8.84. The summed E-state index contributed by atoms with van der Waals surface area (Å²) in [6.07, 6.45) is -4.75. The third-order valence-corrected chi connectivity index (χ3v) is 4.52. The predicted octanol–water partition coefficient (Wildman–Crippen LogP) is 5.20. The van der Waals surface area contributed by atoms with Gasteiger partial charge in [-0.1, -0.05) is 72.3 Å². The molecule has 0 atom stereocenters. The summed E-state index contributed by atoms with van der Waals surface area (Å²) in [5, 5.41) is 4.46. The van der Waals surface area contributed by atoms with E-state index in [1.807, 2.05) is 5.32 Å². The van der Waals surface area contributed by atoms with Crippen LogP contribution in [0.5, 0.6) is 0 Å². The van der Waals surface area contributed by atoms with E-state index in [9.17, 15) is 22.8 Å². The number of carbonyl (C=O) groups is 2. The molecule has 154 valence electrons. The van der Waals surface area contributed by atoms with Crippen LogP contribution in [-0.2, 0) is 15.8 Å². The number of amides is 2. The monoisotopic (exact) mass is 432 g/mol. The number of rotatable bonds is 4. The molecule has 0 heterocycles. The molecule has 3 aromatic carbocycles. The number of halogens is 4. The summed E-state index contributed by atoms with van der Waals surface area (Å²) in [5.41, 5.74) is -0.263. The first-order valence-corrected chi connectivity index (χ1v) is 9.22. The van der Waals surface area contributed by atoms with Gasteiger partial charge in [0.25, 0.3) is 0 Å². The minimum Gasteiger partial charge on any atom is -0.337 e. The molecule has 0 saturated heterocycles. The number of carbonyl (C=O) groups excluding carboxylic acids is 2. The van der Waals surface area contributed by atoms with Crippen molar-refractivity contribution < 1.29 is 22.8 Å². The number of alkyl halides is 3. The minimum absolute atomic E-state index is 0.141. The highest BCUT2D eigenvalue weighted by molar-refractivity contribution is 6.40. The summed E-state index contributed by atoms with van der Waals surface area (Å²) in [5.74, 6) is -2.30. The Labute approximate surface area is 175 Å². The van der Waals surface area contributed by atoms with E-state index >= 15 is 0 Å².